The molecule has 0 unspecified atom stereocenters. The van der Waals surface area contributed by atoms with Crippen molar-refractivity contribution in [2.24, 2.45) is 0 Å². The first-order valence-electron chi connectivity index (χ1n) is 9.56. The topological polar surface area (TPSA) is 71.9 Å². The van der Waals surface area contributed by atoms with Crippen LogP contribution >= 0.6 is 0 Å². The van der Waals surface area contributed by atoms with E-state index in [1.807, 2.05) is 48.3 Å². The van der Waals surface area contributed by atoms with Gasteiger partial charge in [0.15, 0.2) is 0 Å². The highest BCUT2D eigenvalue weighted by molar-refractivity contribution is 5.77. The third-order valence-electron chi connectivity index (χ3n) is 5.33. The van der Waals surface area contributed by atoms with Crippen molar-refractivity contribution in [3.05, 3.63) is 72.6 Å². The molecule has 7 heteroatoms. The number of pyridine rings is 1. The number of hydrogen-bond acceptors (Lipinski definition) is 5. The summed E-state index contributed by atoms with van der Waals surface area (Å²) in [6.07, 6.45) is 6.43. The van der Waals surface area contributed by atoms with Gasteiger partial charge in [0.1, 0.15) is 17.3 Å². The van der Waals surface area contributed by atoms with Crippen molar-refractivity contribution in [2.45, 2.75) is 19.4 Å². The normalized spacial score (nSPS) is 16.7. The molecule has 29 heavy (non-hydrogen) atoms. The lowest BCUT2D eigenvalue weighted by Crippen LogP contribution is -2.25. The molecule has 1 aromatic carbocycles. The van der Waals surface area contributed by atoms with Crippen molar-refractivity contribution in [1.82, 2.24) is 24.7 Å². The van der Waals surface area contributed by atoms with Crippen LogP contribution in [0.15, 0.2) is 61.1 Å². The molecule has 0 radical (unpaired) electrons. The first kappa shape index (κ1) is 17.5. The average Bonchev–Trinajstić information content (AvgIpc) is 3.46. The van der Waals surface area contributed by atoms with Gasteiger partial charge < -0.3 is 14.6 Å². The fraction of sp³-hybridized carbons (Fsp3) is 0.227. The summed E-state index contributed by atoms with van der Waals surface area (Å²) in [7, 11) is 1.67. The van der Waals surface area contributed by atoms with Crippen LogP contribution in [-0.4, -0.2) is 38.4 Å². The fourth-order valence-electron chi connectivity index (χ4n) is 3.95. The number of ether oxygens (including phenoxy) is 1. The monoisotopic (exact) mass is 386 g/mol. The summed E-state index contributed by atoms with van der Waals surface area (Å²) < 4.78 is 7.20. The van der Waals surface area contributed by atoms with Gasteiger partial charge in [0.2, 0.25) is 0 Å². The second-order valence-electron chi connectivity index (χ2n) is 7.37. The Bertz CT molecular complexity index is 1190. The minimum atomic E-state index is 0.0667. The van der Waals surface area contributed by atoms with Crippen molar-refractivity contribution in [2.75, 3.05) is 18.6 Å². The zero-order chi connectivity index (χ0) is 20.0. The van der Waals surface area contributed by atoms with E-state index in [1.165, 1.54) is 5.57 Å². The maximum Gasteiger partial charge on any atom is 0.130 e. The molecule has 1 aliphatic heterocycles. The lowest BCUT2D eigenvalue weighted by atomic mass is 10.1. The Morgan fingerprint density at radius 3 is 2.93 bits per heavy atom. The van der Waals surface area contributed by atoms with Crippen LogP contribution in [0.3, 0.4) is 0 Å². The number of H-pyrrole nitrogens is 1. The Hall–Kier alpha value is -3.61. The number of rotatable bonds is 4. The Labute approximate surface area is 168 Å². The molecule has 1 N–H and O–H groups in total. The number of hydrogen-bond donors (Lipinski definition) is 1. The van der Waals surface area contributed by atoms with Gasteiger partial charge in [-0.05, 0) is 37.6 Å². The van der Waals surface area contributed by atoms with E-state index in [0.717, 1.165) is 52.6 Å². The van der Waals surface area contributed by atoms with E-state index >= 15 is 0 Å². The third-order valence-corrected chi connectivity index (χ3v) is 5.33. The standard InChI is InChI=1S/C22H22N6O/c1-14-9-20(22-25-17-6-5-16(29-3)11-18(17)26-22)27(13-14)19-10-15(2)23-12-21(19)28-8-4-7-24-28/h4-8,10-12,20H,1,9,13H2,2-3H3,(H,25,26)/t20-/m0/s1. The minimum Gasteiger partial charge on any atom is -0.497 e. The molecule has 3 aromatic heterocycles. The summed E-state index contributed by atoms with van der Waals surface area (Å²) in [6, 6.07) is 9.97. The lowest BCUT2D eigenvalue weighted by Gasteiger charge is -2.27. The van der Waals surface area contributed by atoms with Crippen molar-refractivity contribution >= 4 is 16.7 Å². The second kappa shape index (κ2) is 6.77. The molecule has 0 aliphatic carbocycles. The highest BCUT2D eigenvalue weighted by atomic mass is 16.5. The van der Waals surface area contributed by atoms with Gasteiger partial charge in [0.05, 0.1) is 36.1 Å². The molecule has 0 spiro atoms. The van der Waals surface area contributed by atoms with Crippen LogP contribution in [-0.2, 0) is 0 Å². The molecular weight excluding hydrogens is 364 g/mol. The number of aryl methyl sites for hydroxylation is 1. The van der Waals surface area contributed by atoms with E-state index in [2.05, 4.69) is 32.6 Å². The van der Waals surface area contributed by atoms with E-state index in [-0.39, 0.29) is 6.04 Å². The summed E-state index contributed by atoms with van der Waals surface area (Å²) in [5, 5.41) is 4.41. The zero-order valence-electron chi connectivity index (χ0n) is 16.5. The first-order chi connectivity index (χ1) is 14.1. The molecular formula is C22H22N6O. The fourth-order valence-corrected chi connectivity index (χ4v) is 3.95. The van der Waals surface area contributed by atoms with Crippen LogP contribution in [0.5, 0.6) is 5.75 Å². The zero-order valence-corrected chi connectivity index (χ0v) is 16.5. The van der Waals surface area contributed by atoms with Gasteiger partial charge in [0, 0.05) is 30.7 Å². The SMILES string of the molecule is C=C1C[C@@H](c2nc3ccc(OC)cc3[nH]2)N(c2cc(C)ncc2-n2cccn2)C1. The molecule has 1 aliphatic rings. The maximum atomic E-state index is 5.35. The number of nitrogens with one attached hydrogen (secondary N) is 1. The number of methoxy groups -OCH3 is 1. The summed E-state index contributed by atoms with van der Waals surface area (Å²) in [6.45, 7) is 7.03. The minimum absolute atomic E-state index is 0.0667. The summed E-state index contributed by atoms with van der Waals surface area (Å²) >= 11 is 0. The quantitative estimate of drug-likeness (QED) is 0.538. The molecule has 146 valence electrons. The molecule has 5 rings (SSSR count). The van der Waals surface area contributed by atoms with Gasteiger partial charge in [0.25, 0.3) is 0 Å². The molecule has 4 aromatic rings. The van der Waals surface area contributed by atoms with E-state index in [1.54, 1.807) is 13.3 Å². The van der Waals surface area contributed by atoms with Crippen LogP contribution in [0.25, 0.3) is 16.7 Å². The number of fused-ring (bicyclic) bond motifs is 1. The number of aromatic amines is 1. The predicted molar refractivity (Wildman–Crippen MR) is 113 cm³/mol. The third kappa shape index (κ3) is 3.04. The number of anilines is 1. The van der Waals surface area contributed by atoms with E-state index in [0.29, 0.717) is 0 Å². The van der Waals surface area contributed by atoms with Gasteiger partial charge in [-0.1, -0.05) is 12.2 Å². The number of aromatic nitrogens is 5. The first-order valence-corrected chi connectivity index (χ1v) is 9.56. The molecule has 1 saturated heterocycles. The van der Waals surface area contributed by atoms with Crippen LogP contribution < -0.4 is 9.64 Å². The summed E-state index contributed by atoms with van der Waals surface area (Å²) in [5.41, 5.74) is 6.04. The van der Waals surface area contributed by atoms with E-state index in [4.69, 9.17) is 9.72 Å². The highest BCUT2D eigenvalue weighted by Gasteiger charge is 2.33. The van der Waals surface area contributed by atoms with Crippen molar-refractivity contribution < 1.29 is 4.74 Å². The number of nitrogens with zero attached hydrogens (tertiary/aromatic N) is 5. The van der Waals surface area contributed by atoms with Crippen molar-refractivity contribution in [3.63, 3.8) is 0 Å². The van der Waals surface area contributed by atoms with Crippen LogP contribution in [0.1, 0.15) is 24.0 Å². The lowest BCUT2D eigenvalue weighted by molar-refractivity contribution is 0.415. The Morgan fingerprint density at radius 2 is 2.14 bits per heavy atom. The van der Waals surface area contributed by atoms with Crippen molar-refractivity contribution in [1.29, 1.82) is 0 Å². The summed E-state index contributed by atoms with van der Waals surface area (Å²) in [4.78, 5) is 15.2. The predicted octanol–water partition coefficient (Wildman–Crippen LogP) is 3.97. The molecule has 1 fully saturated rings. The van der Waals surface area contributed by atoms with Gasteiger partial charge in [-0.15, -0.1) is 0 Å². The molecule has 0 saturated carbocycles. The second-order valence-corrected chi connectivity index (χ2v) is 7.37. The largest absolute Gasteiger partial charge is 0.497 e. The molecule has 1 atom stereocenters. The number of imidazole rings is 1. The van der Waals surface area contributed by atoms with E-state index < -0.39 is 0 Å². The molecule has 7 nitrogen and oxygen atoms in total. The maximum absolute atomic E-state index is 5.35. The van der Waals surface area contributed by atoms with Crippen LogP contribution in [0.4, 0.5) is 5.69 Å². The van der Waals surface area contributed by atoms with Gasteiger partial charge >= 0.3 is 0 Å². The summed E-state index contributed by atoms with van der Waals surface area (Å²) in [5.74, 6) is 1.74. The van der Waals surface area contributed by atoms with Crippen LogP contribution in [0.2, 0.25) is 0 Å². The van der Waals surface area contributed by atoms with Gasteiger partial charge in [-0.25, -0.2) is 9.67 Å². The van der Waals surface area contributed by atoms with Crippen LogP contribution in [0, 0.1) is 6.92 Å². The average molecular weight is 386 g/mol. The molecule has 4 heterocycles. The molecule has 0 amide bonds. The van der Waals surface area contributed by atoms with Crippen molar-refractivity contribution in [3.8, 4) is 11.4 Å². The Morgan fingerprint density at radius 1 is 1.24 bits per heavy atom. The Kier molecular flexibility index (Phi) is 4.08. The van der Waals surface area contributed by atoms with E-state index in [9.17, 15) is 0 Å². The van der Waals surface area contributed by atoms with Gasteiger partial charge in [-0.3, -0.25) is 4.98 Å². The highest BCUT2D eigenvalue weighted by Crippen LogP contribution is 2.40. The number of benzene rings is 1. The van der Waals surface area contributed by atoms with Gasteiger partial charge in [-0.2, -0.15) is 5.10 Å². The smallest absolute Gasteiger partial charge is 0.130 e. The Balaban J connectivity index is 1.60. The molecule has 0 bridgehead atoms.